The standard InChI is InChI=1S/C22H25F3N2O5S2/c1-15(2)20(29)32-12-6-4-5-7-13-33-21-26-14-18(19(28)27(21)3)16-8-10-17(11-9-16)34(30,31)22(23,24)25/h8-11,14H,1,4-7,12-13H2,2-3H3. The molecule has 7 nitrogen and oxygen atoms in total. The quantitative estimate of drug-likeness (QED) is 0.142. The van der Waals surface area contributed by atoms with Gasteiger partial charge in [-0.2, -0.15) is 13.2 Å². The number of carbonyl (C=O) groups is 1. The van der Waals surface area contributed by atoms with E-state index in [0.717, 1.165) is 55.7 Å². The molecule has 0 aliphatic carbocycles. The molecule has 1 heterocycles. The van der Waals surface area contributed by atoms with Crippen LogP contribution >= 0.6 is 11.8 Å². The van der Waals surface area contributed by atoms with Crippen LogP contribution in [0.15, 0.2) is 57.5 Å². The third-order valence-corrected chi connectivity index (χ3v) is 7.39. The van der Waals surface area contributed by atoms with Gasteiger partial charge >= 0.3 is 11.5 Å². The SMILES string of the molecule is C=C(C)C(=O)OCCCCCCSc1ncc(-c2ccc(S(=O)(=O)C(F)(F)F)cc2)c(=O)n1C. The molecule has 0 unspecified atom stereocenters. The second-order valence-corrected chi connectivity index (χ2v) is 10.5. The van der Waals surface area contributed by atoms with Crippen LogP contribution in [0.5, 0.6) is 0 Å². The van der Waals surface area contributed by atoms with Crippen molar-refractivity contribution < 1.29 is 31.1 Å². The Bertz CT molecular complexity index is 1190. The first-order valence-electron chi connectivity index (χ1n) is 10.3. The third-order valence-electron chi connectivity index (χ3n) is 4.76. The number of rotatable bonds is 11. The van der Waals surface area contributed by atoms with E-state index in [4.69, 9.17) is 4.74 Å². The molecule has 0 N–H and O–H groups in total. The molecular weight excluding hydrogens is 493 g/mol. The highest BCUT2D eigenvalue weighted by Gasteiger charge is 2.46. The van der Waals surface area contributed by atoms with Gasteiger partial charge in [-0.3, -0.25) is 9.36 Å². The molecule has 0 spiro atoms. The van der Waals surface area contributed by atoms with E-state index in [0.29, 0.717) is 17.3 Å². The van der Waals surface area contributed by atoms with Crippen LogP contribution in [0.4, 0.5) is 13.2 Å². The summed E-state index contributed by atoms with van der Waals surface area (Å²) in [5.41, 5.74) is -5.02. The van der Waals surface area contributed by atoms with Gasteiger partial charge in [-0.15, -0.1) is 0 Å². The lowest BCUT2D eigenvalue weighted by atomic mass is 10.1. The van der Waals surface area contributed by atoms with Crippen LogP contribution in [0.2, 0.25) is 0 Å². The molecule has 0 bridgehead atoms. The van der Waals surface area contributed by atoms with E-state index in [1.807, 2.05) is 0 Å². The number of sulfone groups is 1. The second-order valence-electron chi connectivity index (χ2n) is 7.47. The van der Waals surface area contributed by atoms with Crippen molar-refractivity contribution in [2.24, 2.45) is 7.05 Å². The van der Waals surface area contributed by atoms with Crippen molar-refractivity contribution in [1.29, 1.82) is 0 Å². The Morgan fingerprint density at radius 3 is 2.35 bits per heavy atom. The largest absolute Gasteiger partial charge is 0.501 e. The molecule has 186 valence electrons. The van der Waals surface area contributed by atoms with Gasteiger partial charge in [0, 0.05) is 24.6 Å². The van der Waals surface area contributed by atoms with Crippen LogP contribution in [0.1, 0.15) is 32.6 Å². The topological polar surface area (TPSA) is 95.3 Å². The Morgan fingerprint density at radius 1 is 1.15 bits per heavy atom. The fraction of sp³-hybridized carbons (Fsp3) is 0.409. The fourth-order valence-corrected chi connectivity index (χ4v) is 4.51. The van der Waals surface area contributed by atoms with Crippen molar-refractivity contribution in [2.45, 2.75) is 48.2 Å². The predicted octanol–water partition coefficient (Wildman–Crippen LogP) is 4.51. The average molecular weight is 519 g/mol. The van der Waals surface area contributed by atoms with Gasteiger partial charge in [0.05, 0.1) is 17.1 Å². The van der Waals surface area contributed by atoms with Gasteiger partial charge in [0.1, 0.15) is 0 Å². The Hall–Kier alpha value is -2.60. The minimum atomic E-state index is -5.46. The number of carbonyl (C=O) groups excluding carboxylic acids is 1. The number of hydrogen-bond donors (Lipinski definition) is 0. The van der Waals surface area contributed by atoms with E-state index in [9.17, 15) is 31.2 Å². The average Bonchev–Trinajstić information content (AvgIpc) is 2.77. The molecule has 0 aliphatic rings. The summed E-state index contributed by atoms with van der Waals surface area (Å²) in [6.07, 6.45) is 4.74. The number of thioether (sulfide) groups is 1. The number of benzene rings is 1. The normalized spacial score (nSPS) is 11.9. The summed E-state index contributed by atoms with van der Waals surface area (Å²) < 4.78 is 67.4. The molecule has 1 aromatic heterocycles. The molecule has 0 fully saturated rings. The molecule has 0 amide bonds. The number of alkyl halides is 3. The van der Waals surface area contributed by atoms with Crippen molar-refractivity contribution in [1.82, 2.24) is 9.55 Å². The summed E-state index contributed by atoms with van der Waals surface area (Å²) in [6, 6.07) is 3.94. The van der Waals surface area contributed by atoms with E-state index in [1.165, 1.54) is 22.5 Å². The maximum Gasteiger partial charge on any atom is 0.501 e. The predicted molar refractivity (Wildman–Crippen MR) is 123 cm³/mol. The van der Waals surface area contributed by atoms with Crippen molar-refractivity contribution in [3.8, 4) is 11.1 Å². The smallest absolute Gasteiger partial charge is 0.462 e. The first-order chi connectivity index (χ1) is 15.9. The number of ether oxygens (including phenoxy) is 1. The Labute approximate surface area is 200 Å². The molecule has 34 heavy (non-hydrogen) atoms. The number of nitrogens with zero attached hydrogens (tertiary/aromatic N) is 2. The van der Waals surface area contributed by atoms with Crippen LogP contribution in [0.3, 0.4) is 0 Å². The molecule has 2 aromatic rings. The van der Waals surface area contributed by atoms with Crippen LogP contribution in [-0.4, -0.2) is 41.8 Å². The van der Waals surface area contributed by atoms with Gasteiger partial charge in [-0.1, -0.05) is 43.3 Å². The minimum absolute atomic E-state index is 0.145. The number of esters is 1. The highest BCUT2D eigenvalue weighted by atomic mass is 32.2. The first kappa shape index (κ1) is 27.6. The van der Waals surface area contributed by atoms with Gasteiger partial charge in [-0.05, 0) is 37.5 Å². The van der Waals surface area contributed by atoms with Crippen molar-refractivity contribution in [3.63, 3.8) is 0 Å². The zero-order valence-corrected chi connectivity index (χ0v) is 20.4. The number of unbranched alkanes of at least 4 members (excludes halogenated alkanes) is 3. The van der Waals surface area contributed by atoms with E-state index in [1.54, 1.807) is 14.0 Å². The number of hydrogen-bond acceptors (Lipinski definition) is 7. The highest BCUT2D eigenvalue weighted by molar-refractivity contribution is 7.99. The summed E-state index contributed by atoms with van der Waals surface area (Å²) in [6.45, 7) is 5.45. The van der Waals surface area contributed by atoms with Crippen molar-refractivity contribution >= 4 is 27.6 Å². The third kappa shape index (κ3) is 6.95. The van der Waals surface area contributed by atoms with Gasteiger partial charge in [-0.25, -0.2) is 18.2 Å². The zero-order chi connectivity index (χ0) is 25.5. The fourth-order valence-electron chi connectivity index (χ4n) is 2.82. The van der Waals surface area contributed by atoms with Crippen molar-refractivity contribution in [3.05, 3.63) is 53.0 Å². The van der Waals surface area contributed by atoms with Gasteiger partial charge < -0.3 is 4.74 Å². The van der Waals surface area contributed by atoms with Crippen molar-refractivity contribution in [2.75, 3.05) is 12.4 Å². The number of halogens is 3. The lowest BCUT2D eigenvalue weighted by Gasteiger charge is -2.11. The van der Waals surface area contributed by atoms with E-state index in [2.05, 4.69) is 11.6 Å². The molecule has 1 aromatic carbocycles. The second kappa shape index (κ2) is 11.7. The first-order valence-corrected chi connectivity index (χ1v) is 12.8. The molecule has 2 rings (SSSR count). The minimum Gasteiger partial charge on any atom is -0.462 e. The highest BCUT2D eigenvalue weighted by Crippen LogP contribution is 2.31. The maximum atomic E-state index is 12.7. The summed E-state index contributed by atoms with van der Waals surface area (Å²) in [5.74, 6) is 0.322. The molecular formula is C22H25F3N2O5S2. The Morgan fingerprint density at radius 2 is 1.76 bits per heavy atom. The van der Waals surface area contributed by atoms with E-state index < -0.39 is 31.8 Å². The molecule has 0 aliphatic heterocycles. The lowest BCUT2D eigenvalue weighted by Crippen LogP contribution is -2.23. The Kier molecular flexibility index (Phi) is 9.51. The van der Waals surface area contributed by atoms with E-state index in [-0.39, 0.29) is 11.1 Å². The van der Waals surface area contributed by atoms with Crippen LogP contribution in [0.25, 0.3) is 11.1 Å². The number of aromatic nitrogens is 2. The zero-order valence-electron chi connectivity index (χ0n) is 18.7. The monoisotopic (exact) mass is 518 g/mol. The molecule has 0 saturated heterocycles. The van der Waals surface area contributed by atoms with Gasteiger partial charge in [0.15, 0.2) is 5.16 Å². The van der Waals surface area contributed by atoms with Crippen LogP contribution in [-0.2, 0) is 26.4 Å². The van der Waals surface area contributed by atoms with Gasteiger partial charge in [0.25, 0.3) is 15.4 Å². The molecule has 0 atom stereocenters. The summed E-state index contributed by atoms with van der Waals surface area (Å²) in [5, 5.41) is 0.486. The summed E-state index contributed by atoms with van der Waals surface area (Å²) in [4.78, 5) is 27.4. The summed E-state index contributed by atoms with van der Waals surface area (Å²) in [7, 11) is -3.91. The molecule has 0 radical (unpaired) electrons. The van der Waals surface area contributed by atoms with Crippen LogP contribution in [0, 0.1) is 0 Å². The maximum absolute atomic E-state index is 12.7. The Balaban J connectivity index is 1.92. The van der Waals surface area contributed by atoms with Gasteiger partial charge in [0.2, 0.25) is 0 Å². The molecule has 0 saturated carbocycles. The van der Waals surface area contributed by atoms with Crippen LogP contribution < -0.4 is 5.56 Å². The summed E-state index contributed by atoms with van der Waals surface area (Å²) >= 11 is 1.40. The van der Waals surface area contributed by atoms with E-state index >= 15 is 0 Å². The molecule has 12 heteroatoms. The lowest BCUT2D eigenvalue weighted by molar-refractivity contribution is -0.139.